The molecule has 1 N–H and O–H groups in total. The molecule has 1 saturated heterocycles. The average Bonchev–Trinajstić information content (AvgIpc) is 2.48. The molecule has 2 atom stereocenters. The first kappa shape index (κ1) is 15.3. The van der Waals surface area contributed by atoms with Gasteiger partial charge in [-0.15, -0.1) is 0 Å². The van der Waals surface area contributed by atoms with E-state index in [4.69, 9.17) is 4.74 Å². The van der Waals surface area contributed by atoms with Gasteiger partial charge >= 0.3 is 0 Å². The Balaban J connectivity index is 2.27. The zero-order valence-electron chi connectivity index (χ0n) is 13.3. The highest BCUT2D eigenvalue weighted by Crippen LogP contribution is 2.33. The molecule has 1 aliphatic heterocycles. The summed E-state index contributed by atoms with van der Waals surface area (Å²) >= 11 is 0. The Morgan fingerprint density at radius 3 is 2.55 bits per heavy atom. The van der Waals surface area contributed by atoms with Gasteiger partial charge in [-0.1, -0.05) is 32.4 Å². The van der Waals surface area contributed by atoms with Gasteiger partial charge < -0.3 is 10.1 Å². The van der Waals surface area contributed by atoms with Gasteiger partial charge in [0.1, 0.15) is 5.75 Å². The van der Waals surface area contributed by atoms with Crippen LogP contribution in [-0.2, 0) is 0 Å². The van der Waals surface area contributed by atoms with Crippen molar-refractivity contribution in [3.05, 3.63) is 29.3 Å². The highest BCUT2D eigenvalue weighted by Gasteiger charge is 2.26. The Bertz CT molecular complexity index is 427. The molecule has 2 rings (SSSR count). The molecule has 0 radical (unpaired) electrons. The van der Waals surface area contributed by atoms with Crippen molar-refractivity contribution in [1.29, 1.82) is 0 Å². The molecule has 1 aromatic rings. The molecule has 1 aliphatic rings. The third kappa shape index (κ3) is 3.33. The number of methoxy groups -OCH3 is 1. The van der Waals surface area contributed by atoms with Crippen LogP contribution in [0.2, 0.25) is 0 Å². The van der Waals surface area contributed by atoms with Crippen LogP contribution in [0.1, 0.15) is 37.4 Å². The van der Waals surface area contributed by atoms with Gasteiger partial charge in [0.25, 0.3) is 0 Å². The van der Waals surface area contributed by atoms with E-state index in [-0.39, 0.29) is 0 Å². The van der Waals surface area contributed by atoms with E-state index in [1.165, 1.54) is 17.5 Å². The highest BCUT2D eigenvalue weighted by atomic mass is 16.5. The normalized spacial score (nSPS) is 19.6. The van der Waals surface area contributed by atoms with Gasteiger partial charge in [0.05, 0.1) is 7.11 Å². The predicted molar refractivity (Wildman–Crippen MR) is 84.4 cm³/mol. The third-order valence-corrected chi connectivity index (χ3v) is 4.49. The Morgan fingerprint density at radius 2 is 2.00 bits per heavy atom. The molecule has 0 aromatic heterocycles. The molecular formula is C17H28N2O. The van der Waals surface area contributed by atoms with E-state index in [1.807, 2.05) is 0 Å². The molecule has 1 unspecified atom stereocenters. The SMILES string of the molecule is CCC(C)[C@H](c1ccc(OC)c(C)c1)N1CCNCC1. The van der Waals surface area contributed by atoms with Crippen LogP contribution in [0.4, 0.5) is 0 Å². The largest absolute Gasteiger partial charge is 0.496 e. The average molecular weight is 276 g/mol. The number of ether oxygens (including phenoxy) is 1. The lowest BCUT2D eigenvalue weighted by molar-refractivity contribution is 0.128. The Labute approximate surface area is 123 Å². The van der Waals surface area contributed by atoms with E-state index in [0.717, 1.165) is 31.9 Å². The number of rotatable bonds is 5. The first-order chi connectivity index (χ1) is 9.67. The minimum Gasteiger partial charge on any atom is -0.496 e. The minimum absolute atomic E-state index is 0.520. The molecular weight excluding hydrogens is 248 g/mol. The van der Waals surface area contributed by atoms with E-state index >= 15 is 0 Å². The van der Waals surface area contributed by atoms with Crippen molar-refractivity contribution in [2.45, 2.75) is 33.2 Å². The van der Waals surface area contributed by atoms with Crippen LogP contribution in [0.5, 0.6) is 5.75 Å². The summed E-state index contributed by atoms with van der Waals surface area (Å²) < 4.78 is 5.39. The fourth-order valence-corrected chi connectivity index (χ4v) is 3.17. The Hall–Kier alpha value is -1.06. The summed E-state index contributed by atoms with van der Waals surface area (Å²) in [6.07, 6.45) is 1.21. The fourth-order valence-electron chi connectivity index (χ4n) is 3.17. The van der Waals surface area contributed by atoms with Crippen molar-refractivity contribution in [1.82, 2.24) is 10.2 Å². The molecule has 1 aromatic carbocycles. The molecule has 0 spiro atoms. The standard InChI is InChI=1S/C17H28N2O/c1-5-13(2)17(19-10-8-18-9-11-19)15-6-7-16(20-4)14(3)12-15/h6-7,12-13,17-18H,5,8-11H2,1-4H3/t13?,17-/m1/s1. The lowest BCUT2D eigenvalue weighted by atomic mass is 9.89. The van der Waals surface area contributed by atoms with Gasteiger partial charge in [-0.05, 0) is 30.0 Å². The van der Waals surface area contributed by atoms with E-state index in [0.29, 0.717) is 12.0 Å². The van der Waals surface area contributed by atoms with E-state index in [1.54, 1.807) is 7.11 Å². The fraction of sp³-hybridized carbons (Fsp3) is 0.647. The van der Waals surface area contributed by atoms with E-state index < -0.39 is 0 Å². The number of hydrogen-bond acceptors (Lipinski definition) is 3. The second-order valence-corrected chi connectivity index (χ2v) is 5.85. The van der Waals surface area contributed by atoms with Gasteiger partial charge in [-0.2, -0.15) is 0 Å². The summed E-state index contributed by atoms with van der Waals surface area (Å²) in [5.41, 5.74) is 2.66. The van der Waals surface area contributed by atoms with Crippen molar-refractivity contribution in [3.8, 4) is 5.75 Å². The summed E-state index contributed by atoms with van der Waals surface area (Å²) in [6, 6.07) is 7.18. The van der Waals surface area contributed by atoms with Crippen LogP contribution in [0.25, 0.3) is 0 Å². The van der Waals surface area contributed by atoms with Crippen molar-refractivity contribution in [3.63, 3.8) is 0 Å². The van der Waals surface area contributed by atoms with Crippen LogP contribution >= 0.6 is 0 Å². The quantitative estimate of drug-likeness (QED) is 0.895. The molecule has 0 bridgehead atoms. The van der Waals surface area contributed by atoms with Crippen LogP contribution in [0, 0.1) is 12.8 Å². The zero-order chi connectivity index (χ0) is 14.5. The molecule has 3 heteroatoms. The maximum atomic E-state index is 5.39. The van der Waals surface area contributed by atoms with Crippen molar-refractivity contribution in [2.24, 2.45) is 5.92 Å². The first-order valence-electron chi connectivity index (χ1n) is 7.76. The van der Waals surface area contributed by atoms with E-state index in [2.05, 4.69) is 49.2 Å². The monoisotopic (exact) mass is 276 g/mol. The molecule has 0 aliphatic carbocycles. The maximum absolute atomic E-state index is 5.39. The van der Waals surface area contributed by atoms with Crippen molar-refractivity contribution >= 4 is 0 Å². The van der Waals surface area contributed by atoms with E-state index in [9.17, 15) is 0 Å². The molecule has 3 nitrogen and oxygen atoms in total. The number of piperazine rings is 1. The van der Waals surface area contributed by atoms with Gasteiger partial charge in [0.15, 0.2) is 0 Å². The summed E-state index contributed by atoms with van der Waals surface area (Å²) in [7, 11) is 1.74. The number of benzene rings is 1. The molecule has 0 saturated carbocycles. The maximum Gasteiger partial charge on any atom is 0.121 e. The van der Waals surface area contributed by atoms with Gasteiger partial charge in [-0.3, -0.25) is 4.90 Å². The molecule has 1 fully saturated rings. The zero-order valence-corrected chi connectivity index (χ0v) is 13.3. The number of aryl methyl sites for hydroxylation is 1. The van der Waals surface area contributed by atoms with Crippen LogP contribution in [-0.4, -0.2) is 38.2 Å². The summed E-state index contributed by atoms with van der Waals surface area (Å²) in [4.78, 5) is 2.63. The molecule has 0 amide bonds. The summed E-state index contributed by atoms with van der Waals surface area (Å²) in [5, 5.41) is 3.45. The first-order valence-corrected chi connectivity index (χ1v) is 7.76. The second kappa shape index (κ2) is 7.09. The topological polar surface area (TPSA) is 24.5 Å². The lowest BCUT2D eigenvalue weighted by Crippen LogP contribution is -2.46. The lowest BCUT2D eigenvalue weighted by Gasteiger charge is -2.38. The number of nitrogens with zero attached hydrogens (tertiary/aromatic N) is 1. The second-order valence-electron chi connectivity index (χ2n) is 5.85. The number of hydrogen-bond donors (Lipinski definition) is 1. The Morgan fingerprint density at radius 1 is 1.30 bits per heavy atom. The van der Waals surface area contributed by atoms with Crippen LogP contribution < -0.4 is 10.1 Å². The van der Waals surface area contributed by atoms with Gasteiger partial charge in [-0.25, -0.2) is 0 Å². The molecule has 112 valence electrons. The molecule has 1 heterocycles. The third-order valence-electron chi connectivity index (χ3n) is 4.49. The van der Waals surface area contributed by atoms with Crippen molar-refractivity contribution < 1.29 is 4.74 Å². The van der Waals surface area contributed by atoms with Gasteiger partial charge in [0, 0.05) is 32.2 Å². The van der Waals surface area contributed by atoms with Crippen LogP contribution in [0.3, 0.4) is 0 Å². The van der Waals surface area contributed by atoms with Crippen molar-refractivity contribution in [2.75, 3.05) is 33.3 Å². The minimum atomic E-state index is 0.520. The predicted octanol–water partition coefficient (Wildman–Crippen LogP) is 3.00. The smallest absolute Gasteiger partial charge is 0.121 e. The number of nitrogens with one attached hydrogen (secondary N) is 1. The highest BCUT2D eigenvalue weighted by molar-refractivity contribution is 5.37. The Kier molecular flexibility index (Phi) is 5.44. The summed E-state index contributed by atoms with van der Waals surface area (Å²) in [6.45, 7) is 11.3. The summed E-state index contributed by atoms with van der Waals surface area (Å²) in [5.74, 6) is 1.65. The van der Waals surface area contributed by atoms with Gasteiger partial charge in [0.2, 0.25) is 0 Å². The van der Waals surface area contributed by atoms with Crippen LogP contribution in [0.15, 0.2) is 18.2 Å². The molecule has 20 heavy (non-hydrogen) atoms.